The van der Waals surface area contributed by atoms with E-state index in [1.54, 1.807) is 0 Å². The molecule has 0 fully saturated rings. The van der Waals surface area contributed by atoms with E-state index in [-0.39, 0.29) is 6.17 Å². The van der Waals surface area contributed by atoms with Crippen LogP contribution in [-0.4, -0.2) is 19.2 Å². The van der Waals surface area contributed by atoms with E-state index in [2.05, 4.69) is 27.3 Å². The number of hydrogen-bond donors (Lipinski definition) is 2. The Morgan fingerprint density at radius 1 is 1.55 bits per heavy atom. The number of rotatable bonds is 2. The summed E-state index contributed by atoms with van der Waals surface area (Å²) in [5, 5.41) is 6.29. The van der Waals surface area contributed by atoms with Crippen LogP contribution in [0, 0.1) is 0 Å². The van der Waals surface area contributed by atoms with E-state index in [4.69, 9.17) is 0 Å². The Morgan fingerprint density at radius 2 is 2.27 bits per heavy atom. The summed E-state index contributed by atoms with van der Waals surface area (Å²) in [6.07, 6.45) is 1.68. The van der Waals surface area contributed by atoms with Crippen molar-refractivity contribution in [1.82, 2.24) is 10.6 Å². The molecule has 0 aliphatic carbocycles. The molecular weight excluding hydrogens is 140 g/mol. The van der Waals surface area contributed by atoms with E-state index in [0.29, 0.717) is 0 Å². The summed E-state index contributed by atoms with van der Waals surface area (Å²) in [4.78, 5) is 7.54. The molecule has 4 heteroatoms. The van der Waals surface area contributed by atoms with Crippen LogP contribution < -0.4 is 10.6 Å². The lowest BCUT2D eigenvalue weighted by Gasteiger charge is -2.03. The summed E-state index contributed by atoms with van der Waals surface area (Å²) in [7, 11) is 0. The summed E-state index contributed by atoms with van der Waals surface area (Å²) < 4.78 is 0. The smallest absolute Gasteiger partial charge is 0.148 e. The summed E-state index contributed by atoms with van der Waals surface area (Å²) in [5.41, 5.74) is 1.04. The maximum absolute atomic E-state index is 4.02. The van der Waals surface area contributed by atoms with Gasteiger partial charge >= 0.3 is 0 Å². The molecule has 0 amide bonds. The maximum Gasteiger partial charge on any atom is 0.148 e. The van der Waals surface area contributed by atoms with Crippen LogP contribution in [0.5, 0.6) is 0 Å². The molecule has 0 aromatic carbocycles. The van der Waals surface area contributed by atoms with Crippen molar-refractivity contribution >= 4 is 13.1 Å². The van der Waals surface area contributed by atoms with E-state index >= 15 is 0 Å². The minimum atomic E-state index is 0.256. The number of allylic oxidation sites excluding steroid dienone is 1. The van der Waals surface area contributed by atoms with Crippen LogP contribution in [0.3, 0.4) is 0 Å². The Morgan fingerprint density at radius 3 is 2.73 bits per heavy atom. The normalized spacial score (nSPS) is 23.6. The topological polar surface area (TPSA) is 48.8 Å². The molecule has 1 unspecified atom stereocenters. The molecule has 0 saturated heterocycles. The molecule has 1 heterocycles. The van der Waals surface area contributed by atoms with Gasteiger partial charge in [-0.05, 0) is 20.6 Å². The standard InChI is InChI=1S/C7H12N4/c1-5-7(9-4-8-3)11-6(2)10-5/h4,6,10-11H,3H2,1-2H3. The monoisotopic (exact) mass is 152 g/mol. The molecule has 11 heavy (non-hydrogen) atoms. The Balaban J connectivity index is 2.64. The van der Waals surface area contributed by atoms with Gasteiger partial charge in [-0.25, -0.2) is 4.99 Å². The third-order valence-corrected chi connectivity index (χ3v) is 1.41. The average Bonchev–Trinajstić information content (AvgIpc) is 2.26. The molecule has 0 aromatic heterocycles. The summed E-state index contributed by atoms with van der Waals surface area (Å²) in [6.45, 7) is 7.28. The van der Waals surface area contributed by atoms with E-state index in [9.17, 15) is 0 Å². The summed E-state index contributed by atoms with van der Waals surface area (Å²) in [5.74, 6) is 0.838. The minimum Gasteiger partial charge on any atom is -0.366 e. The van der Waals surface area contributed by atoms with Crippen LogP contribution >= 0.6 is 0 Å². The van der Waals surface area contributed by atoms with Crippen molar-refractivity contribution < 1.29 is 0 Å². The molecule has 0 bridgehead atoms. The van der Waals surface area contributed by atoms with Gasteiger partial charge in [0.25, 0.3) is 0 Å². The first kappa shape index (κ1) is 7.78. The van der Waals surface area contributed by atoms with Crippen molar-refractivity contribution in [3.63, 3.8) is 0 Å². The van der Waals surface area contributed by atoms with Crippen molar-refractivity contribution in [3.8, 4) is 0 Å². The van der Waals surface area contributed by atoms with Crippen molar-refractivity contribution in [1.29, 1.82) is 0 Å². The number of hydrogen-bond acceptors (Lipinski definition) is 3. The van der Waals surface area contributed by atoms with Crippen LogP contribution in [0.2, 0.25) is 0 Å². The van der Waals surface area contributed by atoms with E-state index in [1.807, 2.05) is 13.8 Å². The highest BCUT2D eigenvalue weighted by molar-refractivity contribution is 5.63. The second-order valence-corrected chi connectivity index (χ2v) is 2.41. The van der Waals surface area contributed by atoms with Crippen LogP contribution in [0.25, 0.3) is 0 Å². The van der Waals surface area contributed by atoms with Crippen molar-refractivity contribution in [3.05, 3.63) is 11.5 Å². The number of nitrogens with zero attached hydrogens (tertiary/aromatic N) is 2. The predicted octanol–water partition coefficient (Wildman–Crippen LogP) is 0.443. The molecular formula is C7H12N4. The van der Waals surface area contributed by atoms with Gasteiger partial charge in [0, 0.05) is 0 Å². The first-order valence-corrected chi connectivity index (χ1v) is 3.46. The molecule has 1 aliphatic rings. The zero-order chi connectivity index (χ0) is 8.27. The van der Waals surface area contributed by atoms with Crippen LogP contribution in [0.1, 0.15) is 13.8 Å². The second kappa shape index (κ2) is 3.18. The van der Waals surface area contributed by atoms with Gasteiger partial charge in [-0.15, -0.1) is 0 Å². The summed E-state index contributed by atoms with van der Waals surface area (Å²) >= 11 is 0. The van der Waals surface area contributed by atoms with Gasteiger partial charge in [-0.2, -0.15) is 0 Å². The Hall–Kier alpha value is -1.32. The summed E-state index contributed by atoms with van der Waals surface area (Å²) in [6, 6.07) is 0. The lowest BCUT2D eigenvalue weighted by Crippen LogP contribution is -2.28. The molecule has 4 nitrogen and oxygen atoms in total. The van der Waals surface area contributed by atoms with Crippen LogP contribution in [0.15, 0.2) is 21.5 Å². The zero-order valence-electron chi connectivity index (χ0n) is 6.76. The van der Waals surface area contributed by atoms with Crippen molar-refractivity contribution in [2.45, 2.75) is 20.0 Å². The molecule has 0 saturated carbocycles. The molecule has 1 aliphatic heterocycles. The van der Waals surface area contributed by atoms with Crippen LogP contribution in [0.4, 0.5) is 0 Å². The lowest BCUT2D eigenvalue weighted by molar-refractivity contribution is 0.601. The second-order valence-electron chi connectivity index (χ2n) is 2.41. The Bertz CT molecular complexity index is 216. The van der Waals surface area contributed by atoms with Crippen molar-refractivity contribution in [2.24, 2.45) is 9.98 Å². The van der Waals surface area contributed by atoms with Gasteiger partial charge in [-0.1, -0.05) is 0 Å². The number of aliphatic imine (C=N–C) groups is 2. The largest absolute Gasteiger partial charge is 0.366 e. The van der Waals surface area contributed by atoms with Gasteiger partial charge in [0.15, 0.2) is 0 Å². The van der Waals surface area contributed by atoms with Gasteiger partial charge in [0.05, 0.1) is 11.9 Å². The maximum atomic E-state index is 4.02. The third kappa shape index (κ3) is 1.80. The first-order chi connectivity index (χ1) is 5.24. The van der Waals surface area contributed by atoms with E-state index in [0.717, 1.165) is 11.5 Å². The van der Waals surface area contributed by atoms with Gasteiger partial charge in [-0.3, -0.25) is 4.99 Å². The molecule has 0 radical (unpaired) electrons. The van der Waals surface area contributed by atoms with Gasteiger partial charge in [0.2, 0.25) is 0 Å². The van der Waals surface area contributed by atoms with E-state index in [1.165, 1.54) is 6.34 Å². The quantitative estimate of drug-likeness (QED) is 0.445. The van der Waals surface area contributed by atoms with Crippen molar-refractivity contribution in [2.75, 3.05) is 0 Å². The zero-order valence-corrected chi connectivity index (χ0v) is 6.76. The molecule has 0 spiro atoms. The average molecular weight is 152 g/mol. The molecule has 0 aromatic rings. The highest BCUT2D eigenvalue weighted by Crippen LogP contribution is 2.06. The predicted molar refractivity (Wildman–Crippen MR) is 46.5 cm³/mol. The Labute approximate surface area is 66.1 Å². The number of nitrogens with one attached hydrogen (secondary N) is 2. The van der Waals surface area contributed by atoms with Gasteiger partial charge < -0.3 is 10.6 Å². The fraction of sp³-hybridized carbons (Fsp3) is 0.429. The molecule has 2 N–H and O–H groups in total. The first-order valence-electron chi connectivity index (χ1n) is 3.46. The van der Waals surface area contributed by atoms with Crippen LogP contribution in [-0.2, 0) is 0 Å². The minimum absolute atomic E-state index is 0.256. The fourth-order valence-corrected chi connectivity index (χ4v) is 0.975. The third-order valence-electron chi connectivity index (χ3n) is 1.41. The lowest BCUT2D eigenvalue weighted by atomic mass is 10.5. The molecule has 1 atom stereocenters. The highest BCUT2D eigenvalue weighted by atomic mass is 15.2. The highest BCUT2D eigenvalue weighted by Gasteiger charge is 2.13. The molecule has 1 rings (SSSR count). The Kier molecular flexibility index (Phi) is 2.25. The van der Waals surface area contributed by atoms with Gasteiger partial charge in [0.1, 0.15) is 12.2 Å². The van der Waals surface area contributed by atoms with E-state index < -0.39 is 0 Å². The fourth-order valence-electron chi connectivity index (χ4n) is 0.975. The molecule has 60 valence electrons. The SMILES string of the molecule is C=NC=NC1=C(C)NC(C)N1.